The third-order valence-electron chi connectivity index (χ3n) is 7.30. The van der Waals surface area contributed by atoms with E-state index in [1.165, 1.54) is 25.7 Å². The highest BCUT2D eigenvalue weighted by atomic mass is 16.4. The van der Waals surface area contributed by atoms with Crippen molar-refractivity contribution in [3.63, 3.8) is 0 Å². The first-order chi connectivity index (χ1) is 16.7. The van der Waals surface area contributed by atoms with E-state index in [2.05, 4.69) is 19.1 Å². The van der Waals surface area contributed by atoms with E-state index in [0.29, 0.717) is 6.42 Å². The van der Waals surface area contributed by atoms with E-state index in [4.69, 9.17) is 0 Å². The van der Waals surface area contributed by atoms with Crippen LogP contribution in [-0.2, 0) is 14.4 Å². The second kappa shape index (κ2) is 19.3. The molecule has 7 nitrogen and oxygen atoms in total. The van der Waals surface area contributed by atoms with Gasteiger partial charge in [-0.05, 0) is 38.5 Å². The Balaban J connectivity index is 4.99. The van der Waals surface area contributed by atoms with E-state index in [0.717, 1.165) is 44.9 Å². The standard InChI is InChI=1S/C28H51NO6/c1-5-9-10-11-12-13-14-15-16-17-18-19-20-21-22-29(23(6-2)26(30)31,24(7-3)27(32)33)25(8-4)28(34)35/h13-14,23-25H,5-12,15-22H2,1-4H3,(H2-,30,31,32,33,34,35)/b14-13+. The van der Waals surface area contributed by atoms with Gasteiger partial charge in [-0.2, -0.15) is 0 Å². The first-order valence-corrected chi connectivity index (χ1v) is 13.9. The number of quaternary nitrogens is 1. The van der Waals surface area contributed by atoms with Crippen molar-refractivity contribution in [2.75, 3.05) is 6.54 Å². The lowest BCUT2D eigenvalue weighted by Gasteiger charge is -2.51. The third-order valence-corrected chi connectivity index (χ3v) is 7.30. The molecule has 0 spiro atoms. The molecule has 0 saturated carbocycles. The van der Waals surface area contributed by atoms with E-state index in [9.17, 15) is 29.7 Å². The van der Waals surface area contributed by atoms with Crippen molar-refractivity contribution in [2.24, 2.45) is 0 Å². The van der Waals surface area contributed by atoms with E-state index < -0.39 is 40.5 Å². The van der Waals surface area contributed by atoms with Crippen LogP contribution >= 0.6 is 0 Å². The predicted octanol–water partition coefficient (Wildman–Crippen LogP) is 5.32. The average Bonchev–Trinajstić information content (AvgIpc) is 2.79. The molecule has 0 saturated heterocycles. The number of unbranched alkanes of at least 4 members (excludes halogenated alkanes) is 10. The van der Waals surface area contributed by atoms with Gasteiger partial charge < -0.3 is 20.1 Å². The number of rotatable bonds is 23. The molecule has 0 radical (unpaired) electrons. The second-order valence-corrected chi connectivity index (χ2v) is 9.72. The topological polar surface area (TPSA) is 115 Å². The number of aliphatic carboxylic acids is 3. The van der Waals surface area contributed by atoms with E-state index in [-0.39, 0.29) is 25.8 Å². The van der Waals surface area contributed by atoms with Crippen molar-refractivity contribution < 1.29 is 34.2 Å². The highest BCUT2D eigenvalue weighted by Gasteiger charge is 2.53. The summed E-state index contributed by atoms with van der Waals surface area (Å²) in [7, 11) is 0. The Bertz CT molecular complexity index is 578. The minimum Gasteiger partial charge on any atom is -0.544 e. The molecule has 0 aromatic carbocycles. The Kier molecular flexibility index (Phi) is 18.3. The number of carbonyl (C=O) groups is 3. The Morgan fingerprint density at radius 1 is 0.657 bits per heavy atom. The first kappa shape index (κ1) is 33.1. The minimum absolute atomic E-state index is 0.127. The summed E-state index contributed by atoms with van der Waals surface area (Å²) in [5, 5.41) is 32.0. The Labute approximate surface area is 213 Å². The SMILES string of the molecule is CCCCCC/C=C/CCCCCCCC[N+](C(CC)C(=O)[O-])(C(CC)C(=O)O)C(CC)C(=O)O. The summed E-state index contributed by atoms with van der Waals surface area (Å²) in [6.45, 7) is 7.46. The quantitative estimate of drug-likeness (QED) is 0.112. The van der Waals surface area contributed by atoms with E-state index in [1.54, 1.807) is 20.8 Å². The maximum Gasteiger partial charge on any atom is 0.362 e. The highest BCUT2D eigenvalue weighted by molar-refractivity contribution is 5.77. The van der Waals surface area contributed by atoms with Gasteiger partial charge in [-0.3, -0.25) is 4.48 Å². The molecule has 0 rings (SSSR count). The van der Waals surface area contributed by atoms with Crippen molar-refractivity contribution in [1.82, 2.24) is 0 Å². The smallest absolute Gasteiger partial charge is 0.362 e. The van der Waals surface area contributed by atoms with Crippen molar-refractivity contribution >= 4 is 17.9 Å². The normalized spacial score (nSPS) is 16.0. The van der Waals surface area contributed by atoms with Crippen LogP contribution in [0.1, 0.15) is 124 Å². The van der Waals surface area contributed by atoms with Crippen LogP contribution in [-0.4, -0.2) is 57.3 Å². The molecular formula is C28H51NO6. The van der Waals surface area contributed by atoms with Crippen LogP contribution in [0.15, 0.2) is 12.2 Å². The fraction of sp³-hybridized carbons (Fsp3) is 0.821. The van der Waals surface area contributed by atoms with Crippen LogP contribution in [0.3, 0.4) is 0 Å². The molecule has 0 aromatic heterocycles. The fourth-order valence-corrected chi connectivity index (χ4v) is 5.54. The average molecular weight is 498 g/mol. The molecule has 0 aliphatic rings. The van der Waals surface area contributed by atoms with Crippen LogP contribution in [0, 0.1) is 0 Å². The van der Waals surface area contributed by atoms with Gasteiger partial charge in [-0.1, -0.05) is 78.4 Å². The van der Waals surface area contributed by atoms with Gasteiger partial charge in [-0.15, -0.1) is 0 Å². The highest BCUT2D eigenvalue weighted by Crippen LogP contribution is 2.32. The number of carbonyl (C=O) groups excluding carboxylic acids is 1. The van der Waals surface area contributed by atoms with Crippen molar-refractivity contribution in [1.29, 1.82) is 0 Å². The summed E-state index contributed by atoms with van der Waals surface area (Å²) < 4.78 is -0.473. The predicted molar refractivity (Wildman–Crippen MR) is 138 cm³/mol. The number of carboxylic acid groups (broad SMARTS) is 3. The lowest BCUT2D eigenvalue weighted by Crippen LogP contribution is -2.73. The van der Waals surface area contributed by atoms with Crippen molar-refractivity contribution in [2.45, 2.75) is 142 Å². The zero-order valence-corrected chi connectivity index (χ0v) is 22.7. The van der Waals surface area contributed by atoms with Crippen LogP contribution in [0.4, 0.5) is 0 Å². The summed E-state index contributed by atoms with van der Waals surface area (Å²) in [6, 6.07) is -3.38. The summed E-state index contributed by atoms with van der Waals surface area (Å²) in [5.74, 6) is -3.67. The summed E-state index contributed by atoms with van der Waals surface area (Å²) in [5.41, 5.74) is 0. The second-order valence-electron chi connectivity index (χ2n) is 9.72. The molecule has 0 aliphatic carbocycles. The fourth-order valence-electron chi connectivity index (χ4n) is 5.54. The molecule has 2 N–H and O–H groups in total. The number of nitrogens with zero attached hydrogens (tertiary/aromatic N) is 1. The molecule has 3 atom stereocenters. The van der Waals surface area contributed by atoms with E-state index >= 15 is 0 Å². The molecule has 0 aromatic rings. The number of carboxylic acids is 3. The van der Waals surface area contributed by atoms with Gasteiger partial charge in [0, 0.05) is 19.3 Å². The molecule has 204 valence electrons. The minimum atomic E-state index is -1.37. The Hall–Kier alpha value is -1.89. The van der Waals surface area contributed by atoms with Gasteiger partial charge in [0.2, 0.25) is 0 Å². The maximum absolute atomic E-state index is 12.2. The third kappa shape index (κ3) is 11.1. The molecule has 0 fully saturated rings. The van der Waals surface area contributed by atoms with Gasteiger partial charge in [0.25, 0.3) is 0 Å². The number of allylic oxidation sites excluding steroid dienone is 2. The lowest BCUT2D eigenvalue weighted by molar-refractivity contribution is -0.974. The Morgan fingerprint density at radius 3 is 1.43 bits per heavy atom. The molecule has 0 amide bonds. The van der Waals surface area contributed by atoms with Crippen LogP contribution in [0.25, 0.3) is 0 Å². The van der Waals surface area contributed by atoms with Gasteiger partial charge in [-0.25, -0.2) is 9.59 Å². The van der Waals surface area contributed by atoms with Gasteiger partial charge in [0.1, 0.15) is 6.04 Å². The largest absolute Gasteiger partial charge is 0.544 e. The first-order valence-electron chi connectivity index (χ1n) is 13.9. The zero-order chi connectivity index (χ0) is 26.7. The molecule has 0 heterocycles. The molecule has 0 bridgehead atoms. The maximum atomic E-state index is 12.2. The van der Waals surface area contributed by atoms with Crippen molar-refractivity contribution in [3.8, 4) is 0 Å². The molecule has 0 aliphatic heterocycles. The Morgan fingerprint density at radius 2 is 1.06 bits per heavy atom. The zero-order valence-electron chi connectivity index (χ0n) is 22.7. The van der Waals surface area contributed by atoms with Gasteiger partial charge >= 0.3 is 11.9 Å². The van der Waals surface area contributed by atoms with Crippen LogP contribution < -0.4 is 5.11 Å². The van der Waals surface area contributed by atoms with Gasteiger partial charge in [0.15, 0.2) is 12.1 Å². The lowest BCUT2D eigenvalue weighted by atomic mass is 9.93. The number of hydrogen-bond donors (Lipinski definition) is 2. The number of hydrogen-bond acceptors (Lipinski definition) is 4. The van der Waals surface area contributed by atoms with Gasteiger partial charge in [0.05, 0.1) is 12.5 Å². The van der Waals surface area contributed by atoms with Crippen LogP contribution in [0.5, 0.6) is 0 Å². The van der Waals surface area contributed by atoms with Crippen LogP contribution in [0.2, 0.25) is 0 Å². The van der Waals surface area contributed by atoms with Crippen molar-refractivity contribution in [3.05, 3.63) is 12.2 Å². The molecule has 35 heavy (non-hydrogen) atoms. The molecular weight excluding hydrogens is 446 g/mol. The molecule has 7 heteroatoms. The monoisotopic (exact) mass is 497 g/mol. The summed E-state index contributed by atoms with van der Waals surface area (Å²) >= 11 is 0. The molecule has 3 unspecified atom stereocenters. The summed E-state index contributed by atoms with van der Waals surface area (Å²) in [6.07, 6.45) is 18.1. The van der Waals surface area contributed by atoms with E-state index in [1.807, 2.05) is 0 Å². The summed E-state index contributed by atoms with van der Waals surface area (Å²) in [4.78, 5) is 36.5.